The summed E-state index contributed by atoms with van der Waals surface area (Å²) in [5.41, 5.74) is 9.26. The molecule has 0 aliphatic carbocycles. The number of anilines is 4. The number of carbonyl (C=O) groups excluding carboxylic acids is 2. The van der Waals surface area contributed by atoms with Gasteiger partial charge in [0.1, 0.15) is 17.1 Å². The van der Waals surface area contributed by atoms with Crippen LogP contribution in [-0.2, 0) is 17.8 Å². The molecular weight excluding hydrogens is 512 g/mol. The topological polar surface area (TPSA) is 122 Å². The van der Waals surface area contributed by atoms with Crippen LogP contribution in [0.2, 0.25) is 0 Å². The van der Waals surface area contributed by atoms with E-state index >= 15 is 0 Å². The van der Waals surface area contributed by atoms with Crippen LogP contribution in [-0.4, -0.2) is 40.3 Å². The monoisotopic (exact) mass is 538 g/mol. The highest BCUT2D eigenvalue weighted by Crippen LogP contribution is 2.34. The fraction of sp³-hybridized carbons (Fsp3) is 0.280. The third kappa shape index (κ3) is 5.37. The second-order valence-electron chi connectivity index (χ2n) is 8.54. The molecule has 0 bridgehead atoms. The molecule has 1 aliphatic heterocycles. The third-order valence-electron chi connectivity index (χ3n) is 5.77. The molecule has 9 nitrogen and oxygen atoms in total. The van der Waals surface area contributed by atoms with Crippen LogP contribution in [0.15, 0.2) is 47.1 Å². The quantitative estimate of drug-likeness (QED) is 0.408. The molecule has 2 heterocycles. The van der Waals surface area contributed by atoms with Crippen molar-refractivity contribution in [3.8, 4) is 5.75 Å². The molecule has 0 atom stereocenters. The predicted molar refractivity (Wildman–Crippen MR) is 138 cm³/mol. The molecule has 0 radical (unpaired) electrons. The first kappa shape index (κ1) is 24.5. The lowest BCUT2D eigenvalue weighted by Crippen LogP contribution is -2.38. The second kappa shape index (κ2) is 10.3. The smallest absolute Gasteiger partial charge is 0.254 e. The van der Waals surface area contributed by atoms with Gasteiger partial charge in [-0.1, -0.05) is 26.0 Å². The van der Waals surface area contributed by atoms with Gasteiger partial charge in [0.15, 0.2) is 0 Å². The Hall–Kier alpha value is -3.66. The maximum atomic E-state index is 12.5. The average Bonchev–Trinajstić information content (AvgIpc) is 2.84. The predicted octanol–water partition coefficient (Wildman–Crippen LogP) is 4.37. The van der Waals surface area contributed by atoms with E-state index in [1.807, 2.05) is 55.1 Å². The zero-order valence-electron chi connectivity index (χ0n) is 19.8. The van der Waals surface area contributed by atoms with E-state index in [0.717, 1.165) is 27.7 Å². The van der Waals surface area contributed by atoms with Gasteiger partial charge in [0.05, 0.1) is 18.5 Å². The molecule has 3 aromatic rings. The van der Waals surface area contributed by atoms with Crippen LogP contribution in [0.5, 0.6) is 5.75 Å². The molecule has 182 valence electrons. The van der Waals surface area contributed by atoms with E-state index in [-0.39, 0.29) is 29.2 Å². The van der Waals surface area contributed by atoms with Gasteiger partial charge in [0.2, 0.25) is 11.9 Å². The Morgan fingerprint density at radius 2 is 1.91 bits per heavy atom. The SMILES string of the molecule is COc1cc2c(cc1Nc1ncc(C(N)=O)c(Nc3ccccc3Br)n1)CN(C(=O)C(C)C)CC2. The third-order valence-corrected chi connectivity index (χ3v) is 6.46. The van der Waals surface area contributed by atoms with E-state index in [2.05, 4.69) is 36.5 Å². The van der Waals surface area contributed by atoms with Crippen molar-refractivity contribution in [3.05, 3.63) is 63.8 Å². The maximum absolute atomic E-state index is 12.5. The minimum atomic E-state index is -0.646. The maximum Gasteiger partial charge on any atom is 0.254 e. The van der Waals surface area contributed by atoms with Crippen LogP contribution in [0.3, 0.4) is 0 Å². The number of methoxy groups -OCH3 is 1. The lowest BCUT2D eigenvalue weighted by Gasteiger charge is -2.31. The molecule has 0 saturated heterocycles. The molecule has 35 heavy (non-hydrogen) atoms. The van der Waals surface area contributed by atoms with Crippen molar-refractivity contribution in [2.75, 3.05) is 24.3 Å². The average molecular weight is 539 g/mol. The summed E-state index contributed by atoms with van der Waals surface area (Å²) in [5, 5.41) is 6.33. The van der Waals surface area contributed by atoms with Crippen LogP contribution in [0.1, 0.15) is 35.3 Å². The van der Waals surface area contributed by atoms with Crippen molar-refractivity contribution in [1.29, 1.82) is 0 Å². The number of nitrogens with one attached hydrogen (secondary N) is 2. The molecular formula is C25H27BrN6O3. The molecule has 4 N–H and O–H groups in total. The van der Waals surface area contributed by atoms with E-state index in [0.29, 0.717) is 24.5 Å². The fourth-order valence-electron chi connectivity index (χ4n) is 3.93. The highest BCUT2D eigenvalue weighted by molar-refractivity contribution is 9.10. The zero-order chi connectivity index (χ0) is 25.1. The standard InChI is InChI=1S/C25H27BrN6O3/c1-14(2)24(34)32-9-8-15-11-21(35-3)20(10-16(15)13-32)30-25-28-12-17(22(27)33)23(31-25)29-19-7-5-4-6-18(19)26/h4-7,10-12,14H,8-9,13H2,1-3H3,(H2,27,33)(H2,28,29,30,31). The van der Waals surface area contributed by atoms with Crippen molar-refractivity contribution in [2.24, 2.45) is 11.7 Å². The van der Waals surface area contributed by atoms with E-state index in [1.54, 1.807) is 7.11 Å². The molecule has 0 saturated carbocycles. The van der Waals surface area contributed by atoms with E-state index in [9.17, 15) is 9.59 Å². The summed E-state index contributed by atoms with van der Waals surface area (Å²) in [6, 6.07) is 11.4. The summed E-state index contributed by atoms with van der Waals surface area (Å²) in [6.45, 7) is 5.03. The summed E-state index contributed by atoms with van der Waals surface area (Å²) in [5.74, 6) is 0.596. The van der Waals surface area contributed by atoms with Gasteiger partial charge in [-0.2, -0.15) is 4.98 Å². The summed E-state index contributed by atoms with van der Waals surface area (Å²) in [4.78, 5) is 35.2. The van der Waals surface area contributed by atoms with Crippen molar-refractivity contribution >= 4 is 50.9 Å². The summed E-state index contributed by atoms with van der Waals surface area (Å²) in [6.07, 6.45) is 2.14. The van der Waals surface area contributed by atoms with Gasteiger partial charge in [-0.25, -0.2) is 4.98 Å². The molecule has 2 amide bonds. The number of amides is 2. The Labute approximate surface area is 212 Å². The van der Waals surface area contributed by atoms with Crippen LogP contribution in [0, 0.1) is 5.92 Å². The van der Waals surface area contributed by atoms with Crippen LogP contribution >= 0.6 is 15.9 Å². The van der Waals surface area contributed by atoms with Crippen LogP contribution in [0.4, 0.5) is 23.1 Å². The van der Waals surface area contributed by atoms with E-state index < -0.39 is 5.91 Å². The zero-order valence-corrected chi connectivity index (χ0v) is 21.3. The second-order valence-corrected chi connectivity index (χ2v) is 9.39. The molecule has 0 spiro atoms. The minimum Gasteiger partial charge on any atom is -0.495 e. The Balaban J connectivity index is 1.66. The van der Waals surface area contributed by atoms with Crippen LogP contribution < -0.4 is 21.1 Å². The Kier molecular flexibility index (Phi) is 7.20. The van der Waals surface area contributed by atoms with Gasteiger partial charge in [-0.05, 0) is 57.7 Å². The fourth-order valence-corrected chi connectivity index (χ4v) is 4.32. The van der Waals surface area contributed by atoms with Crippen molar-refractivity contribution in [3.63, 3.8) is 0 Å². The van der Waals surface area contributed by atoms with E-state index in [1.165, 1.54) is 6.20 Å². The molecule has 10 heteroatoms. The highest BCUT2D eigenvalue weighted by atomic mass is 79.9. The first-order valence-electron chi connectivity index (χ1n) is 11.2. The molecule has 1 aromatic heterocycles. The first-order valence-corrected chi connectivity index (χ1v) is 12.0. The number of para-hydroxylation sites is 1. The summed E-state index contributed by atoms with van der Waals surface area (Å²) >= 11 is 3.48. The number of rotatable bonds is 7. The minimum absolute atomic E-state index is 0.0554. The van der Waals surface area contributed by atoms with Crippen molar-refractivity contribution < 1.29 is 14.3 Å². The van der Waals surface area contributed by atoms with Crippen molar-refractivity contribution in [1.82, 2.24) is 14.9 Å². The lowest BCUT2D eigenvalue weighted by molar-refractivity contribution is -0.135. The number of benzene rings is 2. The Morgan fingerprint density at radius 1 is 1.14 bits per heavy atom. The Bertz CT molecular complexity index is 1280. The van der Waals surface area contributed by atoms with Gasteiger partial charge < -0.3 is 26.0 Å². The molecule has 1 aliphatic rings. The normalized spacial score (nSPS) is 12.8. The molecule has 2 aromatic carbocycles. The number of nitrogens with zero attached hydrogens (tertiary/aromatic N) is 3. The van der Waals surface area contributed by atoms with Gasteiger partial charge in [0.25, 0.3) is 5.91 Å². The van der Waals surface area contributed by atoms with Crippen LogP contribution in [0.25, 0.3) is 0 Å². The largest absolute Gasteiger partial charge is 0.495 e. The number of primary amides is 1. The number of fused-ring (bicyclic) bond motifs is 1. The van der Waals surface area contributed by atoms with E-state index in [4.69, 9.17) is 10.5 Å². The molecule has 0 fully saturated rings. The summed E-state index contributed by atoms with van der Waals surface area (Å²) in [7, 11) is 1.60. The van der Waals surface area contributed by atoms with Crippen molar-refractivity contribution in [2.45, 2.75) is 26.8 Å². The van der Waals surface area contributed by atoms with Gasteiger partial charge in [-0.15, -0.1) is 0 Å². The number of ether oxygens (including phenoxy) is 1. The number of aromatic nitrogens is 2. The highest BCUT2D eigenvalue weighted by Gasteiger charge is 2.24. The number of nitrogens with two attached hydrogens (primary N) is 1. The van der Waals surface area contributed by atoms with Gasteiger partial charge in [0, 0.05) is 29.7 Å². The number of hydrogen-bond donors (Lipinski definition) is 3. The number of carbonyl (C=O) groups is 2. The Morgan fingerprint density at radius 3 is 2.60 bits per heavy atom. The summed E-state index contributed by atoms with van der Waals surface area (Å²) < 4.78 is 6.41. The first-order chi connectivity index (χ1) is 16.8. The number of hydrogen-bond acceptors (Lipinski definition) is 7. The lowest BCUT2D eigenvalue weighted by atomic mass is 9.97. The number of halogens is 1. The molecule has 4 rings (SSSR count). The van der Waals surface area contributed by atoms with Gasteiger partial charge >= 0.3 is 0 Å². The molecule has 0 unspecified atom stereocenters. The van der Waals surface area contributed by atoms with Gasteiger partial charge in [-0.3, -0.25) is 9.59 Å².